The van der Waals surface area contributed by atoms with Gasteiger partial charge in [0.25, 0.3) is 0 Å². The largest absolute Gasteiger partial charge is 0.497 e. The topological polar surface area (TPSA) is 92.7 Å². The van der Waals surface area contributed by atoms with Crippen LogP contribution in [0.25, 0.3) is 0 Å². The lowest BCUT2D eigenvalue weighted by molar-refractivity contribution is 0.0698. The van der Waals surface area contributed by atoms with E-state index in [4.69, 9.17) is 9.84 Å². The van der Waals surface area contributed by atoms with Gasteiger partial charge in [-0.05, 0) is 25.0 Å². The van der Waals surface area contributed by atoms with E-state index in [2.05, 4.69) is 5.32 Å². The van der Waals surface area contributed by atoms with Gasteiger partial charge in [-0.1, -0.05) is 0 Å². The third-order valence-corrected chi connectivity index (χ3v) is 5.72. The van der Waals surface area contributed by atoms with Crippen molar-refractivity contribution in [3.63, 3.8) is 0 Å². The summed E-state index contributed by atoms with van der Waals surface area (Å²) in [6.07, 6.45) is 1.28. The number of sulfone groups is 1. The van der Waals surface area contributed by atoms with E-state index < -0.39 is 21.1 Å². The van der Waals surface area contributed by atoms with E-state index in [9.17, 15) is 13.2 Å². The molecule has 7 heteroatoms. The molecule has 1 aromatic rings. The minimum atomic E-state index is -3.05. The Morgan fingerprint density at radius 3 is 2.80 bits per heavy atom. The van der Waals surface area contributed by atoms with Crippen LogP contribution in [-0.2, 0) is 9.84 Å². The Labute approximate surface area is 117 Å². The Morgan fingerprint density at radius 2 is 2.25 bits per heavy atom. The van der Waals surface area contributed by atoms with Crippen LogP contribution in [0, 0.1) is 0 Å². The Bertz CT molecular complexity index is 611. The molecule has 0 radical (unpaired) electrons. The van der Waals surface area contributed by atoms with Crippen LogP contribution in [0.15, 0.2) is 18.2 Å². The molecule has 0 amide bonds. The van der Waals surface area contributed by atoms with Gasteiger partial charge >= 0.3 is 5.97 Å². The van der Waals surface area contributed by atoms with Crippen LogP contribution < -0.4 is 10.1 Å². The zero-order valence-electron chi connectivity index (χ0n) is 11.1. The van der Waals surface area contributed by atoms with E-state index in [1.165, 1.54) is 13.2 Å². The second-order valence-electron chi connectivity index (χ2n) is 4.73. The first kappa shape index (κ1) is 14.6. The van der Waals surface area contributed by atoms with E-state index >= 15 is 0 Å². The number of anilines is 1. The number of ether oxygens (including phenoxy) is 1. The fourth-order valence-corrected chi connectivity index (χ4v) is 4.06. The lowest BCUT2D eigenvalue weighted by Crippen LogP contribution is -2.25. The molecule has 1 aliphatic rings. The Hall–Kier alpha value is -1.76. The number of benzene rings is 1. The molecule has 0 aromatic heterocycles. The highest BCUT2D eigenvalue weighted by Gasteiger charge is 2.31. The molecule has 110 valence electrons. The number of carboxylic acid groups (broad SMARTS) is 1. The highest BCUT2D eigenvalue weighted by atomic mass is 32.2. The van der Waals surface area contributed by atoms with Gasteiger partial charge in [0.1, 0.15) is 5.75 Å². The van der Waals surface area contributed by atoms with Crippen LogP contribution in [0.1, 0.15) is 23.2 Å². The van der Waals surface area contributed by atoms with E-state index in [0.717, 1.165) is 0 Å². The van der Waals surface area contributed by atoms with E-state index in [0.29, 0.717) is 24.3 Å². The molecule has 1 aromatic carbocycles. The Morgan fingerprint density at radius 1 is 1.50 bits per heavy atom. The van der Waals surface area contributed by atoms with Crippen molar-refractivity contribution in [3.05, 3.63) is 23.8 Å². The lowest BCUT2D eigenvalue weighted by Gasteiger charge is -2.14. The van der Waals surface area contributed by atoms with Gasteiger partial charge in [-0.2, -0.15) is 0 Å². The third-order valence-electron chi connectivity index (χ3n) is 3.44. The van der Waals surface area contributed by atoms with Gasteiger partial charge in [0.2, 0.25) is 0 Å². The fourth-order valence-electron chi connectivity index (χ4n) is 2.29. The van der Waals surface area contributed by atoms with Crippen molar-refractivity contribution in [2.45, 2.75) is 18.1 Å². The van der Waals surface area contributed by atoms with Gasteiger partial charge in [0.05, 0.1) is 29.4 Å². The molecule has 2 rings (SSSR count). The van der Waals surface area contributed by atoms with Crippen molar-refractivity contribution in [2.24, 2.45) is 0 Å². The molecular weight excluding hydrogens is 282 g/mol. The molecule has 1 saturated heterocycles. The first-order valence-corrected chi connectivity index (χ1v) is 8.02. The summed E-state index contributed by atoms with van der Waals surface area (Å²) in [4.78, 5) is 11.1. The molecule has 1 fully saturated rings. The normalized spacial score (nSPS) is 20.6. The lowest BCUT2D eigenvalue weighted by atomic mass is 10.1. The smallest absolute Gasteiger partial charge is 0.337 e. The second-order valence-corrected chi connectivity index (χ2v) is 7.13. The molecule has 1 heterocycles. The number of carboxylic acids is 1. The van der Waals surface area contributed by atoms with Crippen LogP contribution in [-0.4, -0.2) is 44.2 Å². The van der Waals surface area contributed by atoms with E-state index in [1.54, 1.807) is 12.1 Å². The maximum absolute atomic E-state index is 11.7. The monoisotopic (exact) mass is 299 g/mol. The first-order valence-electron chi connectivity index (χ1n) is 6.31. The summed E-state index contributed by atoms with van der Waals surface area (Å²) in [7, 11) is -1.56. The van der Waals surface area contributed by atoms with Crippen molar-refractivity contribution in [3.8, 4) is 5.75 Å². The predicted molar refractivity (Wildman–Crippen MR) is 75.3 cm³/mol. The number of carbonyl (C=O) groups is 1. The van der Waals surface area contributed by atoms with Crippen molar-refractivity contribution in [2.75, 3.05) is 24.7 Å². The maximum atomic E-state index is 11.7. The van der Waals surface area contributed by atoms with Crippen molar-refractivity contribution >= 4 is 21.5 Å². The maximum Gasteiger partial charge on any atom is 0.337 e. The van der Waals surface area contributed by atoms with Crippen molar-refractivity contribution in [1.29, 1.82) is 0 Å². The van der Waals surface area contributed by atoms with E-state index in [-0.39, 0.29) is 17.9 Å². The molecule has 0 aliphatic carbocycles. The minimum Gasteiger partial charge on any atom is -0.497 e. The van der Waals surface area contributed by atoms with Crippen molar-refractivity contribution in [1.82, 2.24) is 0 Å². The molecule has 2 N–H and O–H groups in total. The summed E-state index contributed by atoms with van der Waals surface area (Å²) >= 11 is 0. The number of aromatic carboxylic acids is 1. The number of methoxy groups -OCH3 is 1. The number of rotatable bonds is 5. The standard InChI is InChI=1S/C13H17NO5S/c1-19-9-4-5-11(13(15)16)12(7-9)14-8-10-3-2-6-20(10,17)18/h4-5,7,10,14H,2-3,6,8H2,1H3,(H,15,16). The fraction of sp³-hybridized carbons (Fsp3) is 0.462. The average Bonchev–Trinajstić information content (AvgIpc) is 2.74. The van der Waals surface area contributed by atoms with Gasteiger partial charge in [-0.15, -0.1) is 0 Å². The summed E-state index contributed by atoms with van der Waals surface area (Å²) in [5.41, 5.74) is 0.472. The first-order chi connectivity index (χ1) is 9.44. The zero-order chi connectivity index (χ0) is 14.8. The van der Waals surface area contributed by atoms with Crippen LogP contribution in [0.4, 0.5) is 5.69 Å². The van der Waals surface area contributed by atoms with Crippen LogP contribution in [0.3, 0.4) is 0 Å². The van der Waals surface area contributed by atoms with Crippen LogP contribution in [0.5, 0.6) is 5.75 Å². The van der Waals surface area contributed by atoms with Gasteiger partial charge in [0, 0.05) is 12.6 Å². The highest BCUT2D eigenvalue weighted by molar-refractivity contribution is 7.92. The van der Waals surface area contributed by atoms with Crippen LogP contribution in [0.2, 0.25) is 0 Å². The molecule has 1 aliphatic heterocycles. The SMILES string of the molecule is COc1ccc(C(=O)O)c(NCC2CCCS2(=O)=O)c1. The zero-order valence-corrected chi connectivity index (χ0v) is 11.9. The Balaban J connectivity index is 2.17. The van der Waals surface area contributed by atoms with Gasteiger partial charge in [-0.3, -0.25) is 0 Å². The number of hydrogen-bond donors (Lipinski definition) is 2. The van der Waals surface area contributed by atoms with Crippen LogP contribution >= 0.6 is 0 Å². The average molecular weight is 299 g/mol. The molecule has 0 spiro atoms. The minimum absolute atomic E-state index is 0.0983. The van der Waals surface area contributed by atoms with Gasteiger partial charge in [-0.25, -0.2) is 13.2 Å². The molecule has 0 saturated carbocycles. The van der Waals surface area contributed by atoms with Crippen molar-refractivity contribution < 1.29 is 23.1 Å². The second kappa shape index (κ2) is 5.70. The molecule has 1 atom stereocenters. The summed E-state index contributed by atoms with van der Waals surface area (Å²) < 4.78 is 28.5. The number of hydrogen-bond acceptors (Lipinski definition) is 5. The summed E-state index contributed by atoms with van der Waals surface area (Å²) in [6.45, 7) is 0.218. The molecule has 0 bridgehead atoms. The van der Waals surface area contributed by atoms with Gasteiger partial charge < -0.3 is 15.2 Å². The van der Waals surface area contributed by atoms with Gasteiger partial charge in [0.15, 0.2) is 9.84 Å². The predicted octanol–water partition coefficient (Wildman–Crippen LogP) is 1.38. The molecule has 1 unspecified atom stereocenters. The summed E-state index contributed by atoms with van der Waals surface area (Å²) in [5.74, 6) is -0.334. The quantitative estimate of drug-likeness (QED) is 0.853. The third kappa shape index (κ3) is 3.04. The summed E-state index contributed by atoms with van der Waals surface area (Å²) in [5, 5.41) is 11.6. The number of nitrogens with one attached hydrogen (secondary N) is 1. The Kier molecular flexibility index (Phi) is 4.17. The summed E-state index contributed by atoms with van der Waals surface area (Å²) in [6, 6.07) is 4.55. The molecule has 6 nitrogen and oxygen atoms in total. The van der Waals surface area contributed by atoms with E-state index in [1.807, 2.05) is 0 Å². The highest BCUT2D eigenvalue weighted by Crippen LogP contribution is 2.25. The molecule has 20 heavy (non-hydrogen) atoms. The molecular formula is C13H17NO5S.